The molecule has 1 aliphatic carbocycles. The zero-order valence-electron chi connectivity index (χ0n) is 15.5. The van der Waals surface area contributed by atoms with Crippen molar-refractivity contribution in [2.75, 3.05) is 18.8 Å². The summed E-state index contributed by atoms with van der Waals surface area (Å²) in [7, 11) is 1.84. The lowest BCUT2D eigenvalue weighted by Gasteiger charge is -2.16. The van der Waals surface area contributed by atoms with E-state index in [0.29, 0.717) is 40.9 Å². The quantitative estimate of drug-likeness (QED) is 0.736. The van der Waals surface area contributed by atoms with E-state index in [4.69, 9.17) is 10.5 Å². The first kappa shape index (κ1) is 17.0. The molecule has 1 aromatic carbocycles. The van der Waals surface area contributed by atoms with Crippen molar-refractivity contribution in [1.29, 1.82) is 0 Å². The predicted molar refractivity (Wildman–Crippen MR) is 102 cm³/mol. The van der Waals surface area contributed by atoms with E-state index in [0.717, 1.165) is 24.8 Å². The molecule has 1 saturated carbocycles. The van der Waals surface area contributed by atoms with Gasteiger partial charge in [0.15, 0.2) is 11.6 Å². The van der Waals surface area contributed by atoms with Crippen molar-refractivity contribution in [2.24, 2.45) is 12.5 Å². The van der Waals surface area contributed by atoms with Crippen LogP contribution in [0.2, 0.25) is 0 Å². The van der Waals surface area contributed by atoms with Gasteiger partial charge in [0.2, 0.25) is 0 Å². The molecule has 144 valence electrons. The highest BCUT2D eigenvalue weighted by atomic mass is 19.1. The second kappa shape index (κ2) is 5.92. The highest BCUT2D eigenvalue weighted by molar-refractivity contribution is 6.00. The molecule has 0 atom stereocenters. The monoisotopic (exact) mass is 381 g/mol. The number of rotatable bonds is 2. The highest BCUT2D eigenvalue weighted by Crippen LogP contribution is 2.52. The molecule has 3 aromatic rings. The van der Waals surface area contributed by atoms with E-state index in [1.165, 1.54) is 18.5 Å². The number of aryl methyl sites for hydroxylation is 1. The number of nitrogens with zero attached hydrogens (tertiary/aromatic N) is 4. The number of hydrogen-bond acceptors (Lipinski definition) is 5. The summed E-state index contributed by atoms with van der Waals surface area (Å²) in [6, 6.07) is 4.53. The van der Waals surface area contributed by atoms with Gasteiger partial charge in [0.25, 0.3) is 0 Å². The van der Waals surface area contributed by atoms with Gasteiger partial charge in [0.1, 0.15) is 17.8 Å². The summed E-state index contributed by atoms with van der Waals surface area (Å²) in [5.74, 6) is -0.340. The lowest BCUT2D eigenvalue weighted by Crippen LogP contribution is -2.31. The number of fused-ring (bicyclic) bond motifs is 1. The fourth-order valence-corrected chi connectivity index (χ4v) is 4.04. The van der Waals surface area contributed by atoms with E-state index in [-0.39, 0.29) is 5.75 Å². The van der Waals surface area contributed by atoms with Crippen LogP contribution in [0.4, 0.5) is 15.0 Å². The molecule has 8 heteroatoms. The normalized spacial score (nSPS) is 17.4. The Kier molecular flexibility index (Phi) is 3.59. The van der Waals surface area contributed by atoms with E-state index in [2.05, 4.69) is 9.97 Å². The number of nitrogens with two attached hydrogens (primary N) is 1. The molecule has 0 bridgehead atoms. The van der Waals surface area contributed by atoms with E-state index < -0.39 is 11.9 Å². The summed E-state index contributed by atoms with van der Waals surface area (Å²) in [4.78, 5) is 22.3. The maximum Gasteiger partial charge on any atom is 0.415 e. The fourth-order valence-electron chi connectivity index (χ4n) is 4.04. The Labute approximate surface area is 160 Å². The van der Waals surface area contributed by atoms with Crippen LogP contribution < -0.4 is 10.5 Å². The Balaban J connectivity index is 1.42. The van der Waals surface area contributed by atoms with Crippen molar-refractivity contribution in [1.82, 2.24) is 19.4 Å². The molecule has 5 rings (SSSR count). The Bertz CT molecular complexity index is 1110. The second-order valence-electron chi connectivity index (χ2n) is 7.80. The van der Waals surface area contributed by atoms with Crippen molar-refractivity contribution in [2.45, 2.75) is 19.3 Å². The SMILES string of the molecule is Cn1cc(-c2ccc(OC(=O)N3CCC4(CC4)C3)c(F)c2)c2c(N)ncnc21. The molecule has 1 spiro atoms. The van der Waals surface area contributed by atoms with Gasteiger partial charge >= 0.3 is 6.09 Å². The van der Waals surface area contributed by atoms with Crippen LogP contribution in [0.25, 0.3) is 22.2 Å². The molecule has 28 heavy (non-hydrogen) atoms. The Hall–Kier alpha value is -3.16. The molecular formula is C20H20FN5O2. The zero-order valence-corrected chi connectivity index (χ0v) is 15.5. The number of amides is 1. The van der Waals surface area contributed by atoms with Crippen molar-refractivity contribution in [3.63, 3.8) is 0 Å². The van der Waals surface area contributed by atoms with E-state index >= 15 is 0 Å². The molecular weight excluding hydrogens is 361 g/mol. The van der Waals surface area contributed by atoms with Gasteiger partial charge in [-0.2, -0.15) is 0 Å². The number of carbonyl (C=O) groups is 1. The van der Waals surface area contributed by atoms with Crippen LogP contribution in [0.15, 0.2) is 30.7 Å². The molecule has 2 aromatic heterocycles. The molecule has 0 unspecified atom stereocenters. The molecule has 1 saturated heterocycles. The Morgan fingerprint density at radius 1 is 1.29 bits per heavy atom. The second-order valence-corrected chi connectivity index (χ2v) is 7.80. The number of benzene rings is 1. The summed E-state index contributed by atoms with van der Waals surface area (Å²) in [6.07, 6.45) is 6.08. The number of carbonyl (C=O) groups excluding carboxylic acids is 1. The summed E-state index contributed by atoms with van der Waals surface area (Å²) >= 11 is 0. The number of hydrogen-bond donors (Lipinski definition) is 1. The number of likely N-dealkylation sites (tertiary alicyclic amines) is 1. The maximum atomic E-state index is 14.7. The minimum Gasteiger partial charge on any atom is -0.407 e. The summed E-state index contributed by atoms with van der Waals surface area (Å²) in [5, 5.41) is 0.668. The lowest BCUT2D eigenvalue weighted by molar-refractivity contribution is 0.158. The van der Waals surface area contributed by atoms with Crippen LogP contribution >= 0.6 is 0 Å². The fraction of sp³-hybridized carbons (Fsp3) is 0.350. The summed E-state index contributed by atoms with van der Waals surface area (Å²) in [6.45, 7) is 1.38. The van der Waals surface area contributed by atoms with Crippen LogP contribution in [-0.2, 0) is 7.05 Å². The number of nitrogen functional groups attached to an aromatic ring is 1. The number of aromatic nitrogens is 3. The number of ether oxygens (including phenoxy) is 1. The Morgan fingerprint density at radius 3 is 2.82 bits per heavy atom. The smallest absolute Gasteiger partial charge is 0.407 e. The highest BCUT2D eigenvalue weighted by Gasteiger charge is 2.49. The first-order valence-electron chi connectivity index (χ1n) is 9.28. The maximum absolute atomic E-state index is 14.7. The van der Waals surface area contributed by atoms with Crippen molar-refractivity contribution in [3.8, 4) is 16.9 Å². The van der Waals surface area contributed by atoms with Gasteiger partial charge in [-0.1, -0.05) is 6.07 Å². The number of anilines is 1. The van der Waals surface area contributed by atoms with Gasteiger partial charge in [-0.3, -0.25) is 0 Å². The Morgan fingerprint density at radius 2 is 2.11 bits per heavy atom. The summed E-state index contributed by atoms with van der Waals surface area (Å²) < 4.78 is 21.8. The molecule has 3 heterocycles. The van der Waals surface area contributed by atoms with Gasteiger partial charge in [-0.25, -0.2) is 19.2 Å². The largest absolute Gasteiger partial charge is 0.415 e. The molecule has 1 aliphatic heterocycles. The van der Waals surface area contributed by atoms with Crippen LogP contribution in [0, 0.1) is 11.2 Å². The third kappa shape index (κ3) is 2.67. The van der Waals surface area contributed by atoms with Crippen molar-refractivity contribution < 1.29 is 13.9 Å². The van der Waals surface area contributed by atoms with E-state index in [1.807, 2.05) is 17.8 Å². The zero-order chi connectivity index (χ0) is 19.5. The summed E-state index contributed by atoms with van der Waals surface area (Å²) in [5.41, 5.74) is 8.31. The van der Waals surface area contributed by atoms with E-state index in [1.54, 1.807) is 11.0 Å². The van der Waals surface area contributed by atoms with Crippen molar-refractivity contribution in [3.05, 3.63) is 36.5 Å². The molecule has 1 amide bonds. The van der Waals surface area contributed by atoms with Crippen LogP contribution in [0.3, 0.4) is 0 Å². The standard InChI is InChI=1S/C20H20FN5O2/c1-25-9-13(16-17(22)23-11-24-18(16)25)12-2-3-15(14(21)8-12)28-19(27)26-7-6-20(10-26)4-5-20/h2-3,8-9,11H,4-7,10H2,1H3,(H2,22,23,24). The third-order valence-corrected chi connectivity index (χ3v) is 5.88. The minimum absolute atomic E-state index is 0.0741. The molecule has 0 radical (unpaired) electrons. The molecule has 2 aliphatic rings. The third-order valence-electron chi connectivity index (χ3n) is 5.88. The minimum atomic E-state index is -0.599. The van der Waals surface area contributed by atoms with Gasteiger partial charge in [0, 0.05) is 31.9 Å². The van der Waals surface area contributed by atoms with Crippen LogP contribution in [0.1, 0.15) is 19.3 Å². The van der Waals surface area contributed by atoms with E-state index in [9.17, 15) is 9.18 Å². The topological polar surface area (TPSA) is 86.3 Å². The van der Waals surface area contributed by atoms with Gasteiger partial charge in [0.05, 0.1) is 5.39 Å². The number of halogens is 1. The van der Waals surface area contributed by atoms with Gasteiger partial charge < -0.3 is 19.9 Å². The van der Waals surface area contributed by atoms with Crippen LogP contribution in [-0.4, -0.2) is 38.6 Å². The lowest BCUT2D eigenvalue weighted by atomic mass is 10.1. The molecule has 7 nitrogen and oxygen atoms in total. The molecule has 2 fully saturated rings. The van der Waals surface area contributed by atoms with Gasteiger partial charge in [-0.05, 0) is 42.4 Å². The average Bonchev–Trinajstić information content (AvgIpc) is 3.14. The first-order valence-corrected chi connectivity index (χ1v) is 9.28. The first-order chi connectivity index (χ1) is 13.5. The van der Waals surface area contributed by atoms with Crippen LogP contribution in [0.5, 0.6) is 5.75 Å². The van der Waals surface area contributed by atoms with Gasteiger partial charge in [-0.15, -0.1) is 0 Å². The average molecular weight is 381 g/mol. The molecule has 2 N–H and O–H groups in total. The predicted octanol–water partition coefficient (Wildman–Crippen LogP) is 3.34. The van der Waals surface area contributed by atoms with Crippen molar-refractivity contribution >= 4 is 22.9 Å².